The lowest BCUT2D eigenvalue weighted by molar-refractivity contribution is 0.212. The van der Waals surface area contributed by atoms with Crippen LogP contribution in [0.5, 0.6) is 0 Å². The Balaban J connectivity index is 2.32. The van der Waals surface area contributed by atoms with Gasteiger partial charge < -0.3 is 10.2 Å². The minimum Gasteiger partial charge on any atom is -0.373 e. The van der Waals surface area contributed by atoms with Gasteiger partial charge >= 0.3 is 0 Å². The highest BCUT2D eigenvalue weighted by molar-refractivity contribution is 5.60. The van der Waals surface area contributed by atoms with Crippen LogP contribution < -0.4 is 10.2 Å². The van der Waals surface area contributed by atoms with Gasteiger partial charge in [-0.15, -0.1) is 0 Å². The third-order valence-electron chi connectivity index (χ3n) is 4.22. The van der Waals surface area contributed by atoms with Crippen LogP contribution in [0.25, 0.3) is 0 Å². The summed E-state index contributed by atoms with van der Waals surface area (Å²) in [6, 6.07) is 0.608. The quantitative estimate of drug-likeness (QED) is 0.914. The van der Waals surface area contributed by atoms with Crippen molar-refractivity contribution in [1.29, 1.82) is 0 Å². The molecule has 1 N–H and O–H groups in total. The van der Waals surface area contributed by atoms with Crippen LogP contribution in [-0.4, -0.2) is 54.6 Å². The van der Waals surface area contributed by atoms with Gasteiger partial charge in [-0.05, 0) is 19.4 Å². The van der Waals surface area contributed by atoms with Gasteiger partial charge in [-0.25, -0.2) is 9.97 Å². The third-order valence-corrected chi connectivity index (χ3v) is 4.22. The van der Waals surface area contributed by atoms with Crippen LogP contribution >= 0.6 is 0 Å². The second-order valence-electron chi connectivity index (χ2n) is 5.85. The molecule has 1 fully saturated rings. The standard InChI is InChI=1S/C15H27N5/c1-6-12-9-20(8-7-19(12)5)15-13(11(2)3)14(16-4)17-10-18-15/h10-12H,6-9H2,1-5H3,(H,16,17,18). The number of rotatable bonds is 4. The Morgan fingerprint density at radius 3 is 2.70 bits per heavy atom. The molecule has 2 rings (SSSR count). The van der Waals surface area contributed by atoms with E-state index in [0.29, 0.717) is 12.0 Å². The predicted octanol–water partition coefficient (Wildman–Crippen LogP) is 2.17. The van der Waals surface area contributed by atoms with E-state index in [4.69, 9.17) is 0 Å². The fourth-order valence-electron chi connectivity index (χ4n) is 2.95. The van der Waals surface area contributed by atoms with Gasteiger partial charge in [-0.1, -0.05) is 20.8 Å². The van der Waals surface area contributed by atoms with E-state index < -0.39 is 0 Å². The van der Waals surface area contributed by atoms with Crippen molar-refractivity contribution < 1.29 is 0 Å². The average molecular weight is 277 g/mol. The van der Waals surface area contributed by atoms with E-state index in [2.05, 4.69) is 52.9 Å². The number of hydrogen-bond donors (Lipinski definition) is 1. The van der Waals surface area contributed by atoms with Crippen molar-refractivity contribution >= 4 is 11.6 Å². The molecule has 1 aliphatic rings. The number of piperazine rings is 1. The van der Waals surface area contributed by atoms with Gasteiger partial charge in [0.25, 0.3) is 0 Å². The van der Waals surface area contributed by atoms with E-state index in [1.54, 1.807) is 6.33 Å². The minimum atomic E-state index is 0.411. The second kappa shape index (κ2) is 6.39. The van der Waals surface area contributed by atoms with Crippen molar-refractivity contribution in [1.82, 2.24) is 14.9 Å². The van der Waals surface area contributed by atoms with Crippen molar-refractivity contribution in [3.8, 4) is 0 Å². The Labute approximate surface area is 122 Å². The van der Waals surface area contributed by atoms with Crippen LogP contribution in [-0.2, 0) is 0 Å². The van der Waals surface area contributed by atoms with Crippen LogP contribution in [0.1, 0.15) is 38.7 Å². The Morgan fingerprint density at radius 2 is 2.10 bits per heavy atom. The summed E-state index contributed by atoms with van der Waals surface area (Å²) in [6.45, 7) is 9.84. The van der Waals surface area contributed by atoms with E-state index in [1.807, 2.05) is 7.05 Å². The van der Waals surface area contributed by atoms with Crippen LogP contribution in [0.2, 0.25) is 0 Å². The van der Waals surface area contributed by atoms with Crippen LogP contribution in [0.4, 0.5) is 11.6 Å². The largest absolute Gasteiger partial charge is 0.373 e. The summed E-state index contributed by atoms with van der Waals surface area (Å²) in [5.74, 6) is 2.47. The number of anilines is 2. The van der Waals surface area contributed by atoms with E-state index in [1.165, 1.54) is 12.0 Å². The van der Waals surface area contributed by atoms with Gasteiger partial charge in [-0.3, -0.25) is 4.90 Å². The zero-order valence-electron chi connectivity index (χ0n) is 13.3. The Bertz CT molecular complexity index is 446. The number of hydrogen-bond acceptors (Lipinski definition) is 5. The highest BCUT2D eigenvalue weighted by Crippen LogP contribution is 2.31. The molecule has 0 aromatic carbocycles. The van der Waals surface area contributed by atoms with Crippen molar-refractivity contribution in [2.75, 3.05) is 43.9 Å². The molecule has 1 unspecified atom stereocenters. The van der Waals surface area contributed by atoms with Gasteiger partial charge in [0.05, 0.1) is 0 Å². The molecule has 5 heteroatoms. The molecular weight excluding hydrogens is 250 g/mol. The molecule has 112 valence electrons. The first-order valence-corrected chi connectivity index (χ1v) is 7.56. The smallest absolute Gasteiger partial charge is 0.137 e. The summed E-state index contributed by atoms with van der Waals surface area (Å²) < 4.78 is 0. The molecule has 20 heavy (non-hydrogen) atoms. The molecule has 0 aliphatic carbocycles. The predicted molar refractivity (Wildman–Crippen MR) is 84.6 cm³/mol. The van der Waals surface area contributed by atoms with Crippen LogP contribution in [0.3, 0.4) is 0 Å². The molecule has 0 spiro atoms. The van der Waals surface area contributed by atoms with Gasteiger partial charge in [-0.2, -0.15) is 0 Å². The summed E-state index contributed by atoms with van der Waals surface area (Å²) >= 11 is 0. The van der Waals surface area contributed by atoms with Gasteiger partial charge in [0.2, 0.25) is 0 Å². The molecule has 2 heterocycles. The Hall–Kier alpha value is -1.36. The highest BCUT2D eigenvalue weighted by Gasteiger charge is 2.27. The molecule has 0 bridgehead atoms. The van der Waals surface area contributed by atoms with Gasteiger partial charge in [0.1, 0.15) is 18.0 Å². The molecule has 0 amide bonds. The first kappa shape index (κ1) is 15.0. The van der Waals surface area contributed by atoms with Crippen molar-refractivity contribution in [2.45, 2.75) is 39.2 Å². The Morgan fingerprint density at radius 1 is 1.35 bits per heavy atom. The molecular formula is C15H27N5. The third kappa shape index (κ3) is 2.87. The van der Waals surface area contributed by atoms with Gasteiger partial charge in [0, 0.05) is 38.3 Å². The lowest BCUT2D eigenvalue weighted by Crippen LogP contribution is -2.51. The Kier molecular flexibility index (Phi) is 4.81. The fourth-order valence-corrected chi connectivity index (χ4v) is 2.95. The lowest BCUT2D eigenvalue weighted by Gasteiger charge is -2.40. The van der Waals surface area contributed by atoms with Crippen molar-refractivity contribution in [3.05, 3.63) is 11.9 Å². The average Bonchev–Trinajstić information content (AvgIpc) is 2.46. The molecule has 1 aromatic rings. The van der Waals surface area contributed by atoms with E-state index >= 15 is 0 Å². The van der Waals surface area contributed by atoms with Crippen LogP contribution in [0, 0.1) is 0 Å². The normalized spacial score (nSPS) is 20.5. The zero-order chi connectivity index (χ0) is 14.7. The summed E-state index contributed by atoms with van der Waals surface area (Å²) in [5, 5.41) is 3.20. The molecule has 1 atom stereocenters. The number of likely N-dealkylation sites (N-methyl/N-ethyl adjacent to an activating group) is 1. The lowest BCUT2D eigenvalue weighted by atomic mass is 10.0. The molecule has 1 aliphatic heterocycles. The minimum absolute atomic E-state index is 0.411. The maximum atomic E-state index is 4.58. The summed E-state index contributed by atoms with van der Waals surface area (Å²) in [5.41, 5.74) is 1.23. The van der Waals surface area contributed by atoms with E-state index in [0.717, 1.165) is 31.3 Å². The number of nitrogens with one attached hydrogen (secondary N) is 1. The summed E-state index contributed by atoms with van der Waals surface area (Å²) in [7, 11) is 4.14. The topological polar surface area (TPSA) is 44.3 Å². The summed E-state index contributed by atoms with van der Waals surface area (Å²) in [6.07, 6.45) is 2.85. The molecule has 0 radical (unpaired) electrons. The second-order valence-corrected chi connectivity index (χ2v) is 5.85. The molecule has 1 aromatic heterocycles. The highest BCUT2D eigenvalue weighted by atomic mass is 15.3. The number of nitrogens with zero attached hydrogens (tertiary/aromatic N) is 4. The molecule has 1 saturated heterocycles. The van der Waals surface area contributed by atoms with E-state index in [-0.39, 0.29) is 0 Å². The van der Waals surface area contributed by atoms with Crippen molar-refractivity contribution in [3.63, 3.8) is 0 Å². The van der Waals surface area contributed by atoms with Gasteiger partial charge in [0.15, 0.2) is 0 Å². The molecule has 0 saturated carbocycles. The first-order valence-electron chi connectivity index (χ1n) is 7.56. The summed E-state index contributed by atoms with van der Waals surface area (Å²) in [4.78, 5) is 13.8. The monoisotopic (exact) mass is 277 g/mol. The first-order chi connectivity index (χ1) is 9.58. The maximum absolute atomic E-state index is 4.58. The zero-order valence-corrected chi connectivity index (χ0v) is 13.3. The molecule has 5 nitrogen and oxygen atoms in total. The van der Waals surface area contributed by atoms with Crippen LogP contribution in [0.15, 0.2) is 6.33 Å². The van der Waals surface area contributed by atoms with Crippen molar-refractivity contribution in [2.24, 2.45) is 0 Å². The fraction of sp³-hybridized carbons (Fsp3) is 0.733. The number of aromatic nitrogens is 2. The maximum Gasteiger partial charge on any atom is 0.137 e. The van der Waals surface area contributed by atoms with E-state index in [9.17, 15) is 0 Å². The SMILES string of the molecule is CCC1CN(c2ncnc(NC)c2C(C)C)CCN1C.